The molecule has 0 aliphatic carbocycles. The highest BCUT2D eigenvalue weighted by Gasteiger charge is 2.21. The minimum absolute atomic E-state index is 0.0109. The van der Waals surface area contributed by atoms with Crippen molar-refractivity contribution in [1.29, 1.82) is 0 Å². The van der Waals surface area contributed by atoms with Crippen LogP contribution < -0.4 is 0 Å². The molecule has 0 bridgehead atoms. The minimum Gasteiger partial charge on any atom is -0.478 e. The molecule has 1 aliphatic rings. The Bertz CT molecular complexity index is 479. The maximum atomic E-state index is 13.4. The smallest absolute Gasteiger partial charge is 0.335 e. The van der Waals surface area contributed by atoms with Crippen LogP contribution in [0.2, 0.25) is 0 Å². The summed E-state index contributed by atoms with van der Waals surface area (Å²) in [6.07, 6.45) is 0. The highest BCUT2D eigenvalue weighted by Crippen LogP contribution is 2.16. The number of carboxylic acids is 1. The van der Waals surface area contributed by atoms with Crippen molar-refractivity contribution in [3.8, 4) is 0 Å². The molecule has 1 aromatic carbocycles. The van der Waals surface area contributed by atoms with Crippen LogP contribution in [-0.2, 0) is 6.54 Å². The van der Waals surface area contributed by atoms with Crippen molar-refractivity contribution >= 4 is 5.97 Å². The largest absolute Gasteiger partial charge is 0.478 e. The molecule has 0 amide bonds. The van der Waals surface area contributed by atoms with Gasteiger partial charge in [0.1, 0.15) is 5.82 Å². The first-order valence-corrected chi connectivity index (χ1v) is 6.41. The molecule has 4 nitrogen and oxygen atoms in total. The van der Waals surface area contributed by atoms with Gasteiger partial charge in [-0.3, -0.25) is 4.90 Å². The molecule has 1 N–H and O–H groups in total. The molecule has 1 aromatic rings. The van der Waals surface area contributed by atoms with Crippen LogP contribution in [0, 0.1) is 5.82 Å². The molecule has 1 fully saturated rings. The number of carboxylic acid groups (broad SMARTS) is 1. The molecule has 19 heavy (non-hydrogen) atoms. The molecular formula is C14H19FN2O2. The number of carbonyl (C=O) groups is 1. The van der Waals surface area contributed by atoms with Crippen LogP contribution in [0.5, 0.6) is 0 Å². The van der Waals surface area contributed by atoms with Gasteiger partial charge in [-0.2, -0.15) is 0 Å². The zero-order chi connectivity index (χ0) is 14.0. The lowest BCUT2D eigenvalue weighted by Gasteiger charge is -2.38. The number of hydrogen-bond donors (Lipinski definition) is 1. The minimum atomic E-state index is -1.09. The van der Waals surface area contributed by atoms with Crippen LogP contribution >= 0.6 is 0 Å². The number of hydrogen-bond acceptors (Lipinski definition) is 3. The number of piperazine rings is 1. The van der Waals surface area contributed by atoms with Crippen molar-refractivity contribution in [1.82, 2.24) is 9.80 Å². The van der Waals surface area contributed by atoms with Crippen molar-refractivity contribution in [2.45, 2.75) is 19.5 Å². The Kier molecular flexibility index (Phi) is 4.17. The van der Waals surface area contributed by atoms with Gasteiger partial charge in [0.05, 0.1) is 5.56 Å². The predicted octanol–water partition coefficient (Wildman–Crippen LogP) is 1.66. The summed E-state index contributed by atoms with van der Waals surface area (Å²) in [5.74, 6) is -1.58. The van der Waals surface area contributed by atoms with Gasteiger partial charge in [-0.25, -0.2) is 9.18 Å². The topological polar surface area (TPSA) is 43.8 Å². The lowest BCUT2D eigenvalue weighted by Crippen LogP contribution is -2.49. The van der Waals surface area contributed by atoms with Crippen LogP contribution in [-0.4, -0.2) is 53.6 Å². The van der Waals surface area contributed by atoms with E-state index in [9.17, 15) is 9.18 Å². The van der Waals surface area contributed by atoms with Gasteiger partial charge in [0.15, 0.2) is 0 Å². The van der Waals surface area contributed by atoms with Gasteiger partial charge in [-0.05, 0) is 37.7 Å². The lowest BCUT2D eigenvalue weighted by atomic mass is 10.1. The Morgan fingerprint density at radius 3 is 2.79 bits per heavy atom. The van der Waals surface area contributed by atoms with Crippen LogP contribution in [0.15, 0.2) is 18.2 Å². The summed E-state index contributed by atoms with van der Waals surface area (Å²) in [7, 11) is 2.08. The Labute approximate surface area is 112 Å². The number of benzene rings is 1. The third-order valence-corrected chi connectivity index (χ3v) is 3.56. The number of rotatable bonds is 3. The lowest BCUT2D eigenvalue weighted by molar-refractivity contribution is 0.0695. The summed E-state index contributed by atoms with van der Waals surface area (Å²) in [5.41, 5.74) is 0.727. The fourth-order valence-corrected chi connectivity index (χ4v) is 2.51. The fraction of sp³-hybridized carbons (Fsp3) is 0.500. The van der Waals surface area contributed by atoms with Crippen molar-refractivity contribution < 1.29 is 14.3 Å². The van der Waals surface area contributed by atoms with Gasteiger partial charge in [-0.1, -0.05) is 0 Å². The van der Waals surface area contributed by atoms with Gasteiger partial charge in [-0.15, -0.1) is 0 Å². The molecule has 1 saturated heterocycles. The van der Waals surface area contributed by atoms with Gasteiger partial charge >= 0.3 is 5.97 Å². The summed E-state index contributed by atoms with van der Waals surface area (Å²) in [5, 5.41) is 8.94. The zero-order valence-electron chi connectivity index (χ0n) is 11.3. The first kappa shape index (κ1) is 14.0. The molecule has 1 heterocycles. The molecule has 2 rings (SSSR count). The quantitative estimate of drug-likeness (QED) is 0.903. The van der Waals surface area contributed by atoms with Gasteiger partial charge < -0.3 is 10.0 Å². The highest BCUT2D eigenvalue weighted by molar-refractivity contribution is 5.87. The van der Waals surface area contributed by atoms with E-state index in [1.54, 1.807) is 6.07 Å². The predicted molar refractivity (Wildman–Crippen MR) is 70.7 cm³/mol. The Balaban J connectivity index is 2.12. The number of aromatic carboxylic acids is 1. The van der Waals surface area contributed by atoms with E-state index in [4.69, 9.17) is 5.11 Å². The third kappa shape index (κ3) is 3.52. The molecule has 104 valence electrons. The Hall–Kier alpha value is -1.46. The average Bonchev–Trinajstić information content (AvgIpc) is 2.32. The molecule has 0 radical (unpaired) electrons. The van der Waals surface area contributed by atoms with Gasteiger partial charge in [0.2, 0.25) is 0 Å². The fourth-order valence-electron chi connectivity index (χ4n) is 2.51. The number of halogens is 1. The zero-order valence-corrected chi connectivity index (χ0v) is 11.3. The monoisotopic (exact) mass is 266 g/mol. The Morgan fingerprint density at radius 2 is 2.16 bits per heavy atom. The molecular weight excluding hydrogens is 247 g/mol. The SMILES string of the molecule is CC1CN(C)CCN1Cc1cc(F)cc(C(=O)O)c1. The molecule has 1 unspecified atom stereocenters. The summed E-state index contributed by atoms with van der Waals surface area (Å²) < 4.78 is 13.4. The van der Waals surface area contributed by atoms with Crippen LogP contribution in [0.3, 0.4) is 0 Å². The average molecular weight is 266 g/mol. The summed E-state index contributed by atoms with van der Waals surface area (Å²) in [6.45, 7) is 5.59. The summed E-state index contributed by atoms with van der Waals surface area (Å²) >= 11 is 0. The second kappa shape index (κ2) is 5.67. The van der Waals surface area contributed by atoms with Crippen LogP contribution in [0.25, 0.3) is 0 Å². The summed E-state index contributed by atoms with van der Waals surface area (Å²) in [4.78, 5) is 15.4. The molecule has 1 atom stereocenters. The molecule has 0 spiro atoms. The summed E-state index contributed by atoms with van der Waals surface area (Å²) in [6, 6.07) is 4.41. The van der Waals surface area contributed by atoms with Gasteiger partial charge in [0, 0.05) is 32.2 Å². The van der Waals surface area contributed by atoms with E-state index in [0.29, 0.717) is 18.2 Å². The van der Waals surface area contributed by atoms with E-state index in [-0.39, 0.29) is 5.56 Å². The van der Waals surface area contributed by atoms with Crippen molar-refractivity contribution in [2.24, 2.45) is 0 Å². The van der Waals surface area contributed by atoms with E-state index in [2.05, 4.69) is 23.8 Å². The van der Waals surface area contributed by atoms with Gasteiger partial charge in [0.25, 0.3) is 0 Å². The first-order chi connectivity index (χ1) is 8.95. The van der Waals surface area contributed by atoms with Crippen molar-refractivity contribution in [3.63, 3.8) is 0 Å². The van der Waals surface area contributed by atoms with E-state index in [1.165, 1.54) is 6.07 Å². The van der Waals surface area contributed by atoms with E-state index in [0.717, 1.165) is 25.7 Å². The van der Waals surface area contributed by atoms with E-state index < -0.39 is 11.8 Å². The third-order valence-electron chi connectivity index (χ3n) is 3.56. The molecule has 0 aromatic heterocycles. The van der Waals surface area contributed by atoms with E-state index >= 15 is 0 Å². The number of nitrogens with zero attached hydrogens (tertiary/aromatic N) is 2. The van der Waals surface area contributed by atoms with Crippen LogP contribution in [0.1, 0.15) is 22.8 Å². The highest BCUT2D eigenvalue weighted by atomic mass is 19.1. The number of likely N-dealkylation sites (N-methyl/N-ethyl adjacent to an activating group) is 1. The second-order valence-corrected chi connectivity index (χ2v) is 5.24. The second-order valence-electron chi connectivity index (χ2n) is 5.24. The van der Waals surface area contributed by atoms with E-state index in [1.807, 2.05) is 0 Å². The normalized spacial score (nSPS) is 21.5. The molecule has 5 heteroatoms. The van der Waals surface area contributed by atoms with Crippen LogP contribution in [0.4, 0.5) is 4.39 Å². The van der Waals surface area contributed by atoms with Crippen molar-refractivity contribution in [3.05, 3.63) is 35.1 Å². The molecule has 1 aliphatic heterocycles. The molecule has 0 saturated carbocycles. The first-order valence-electron chi connectivity index (χ1n) is 6.41. The van der Waals surface area contributed by atoms with Crippen molar-refractivity contribution in [2.75, 3.05) is 26.7 Å². The Morgan fingerprint density at radius 1 is 1.42 bits per heavy atom. The standard InChI is InChI=1S/C14H19FN2O2/c1-10-8-16(2)3-4-17(10)9-11-5-12(14(18)19)7-13(15)6-11/h5-7,10H,3-4,8-9H2,1-2H3,(H,18,19). The maximum absolute atomic E-state index is 13.4. The maximum Gasteiger partial charge on any atom is 0.335 e.